The zero-order valence-electron chi connectivity index (χ0n) is 6.66. The first kappa shape index (κ1) is 8.96. The minimum atomic E-state index is -3.04. The van der Waals surface area contributed by atoms with Gasteiger partial charge in [0.15, 0.2) is 0 Å². The van der Waals surface area contributed by atoms with E-state index in [1.165, 1.54) is 4.31 Å². The van der Waals surface area contributed by atoms with Gasteiger partial charge >= 0.3 is 0 Å². The highest BCUT2D eigenvalue weighted by molar-refractivity contribution is 7.89. The molecule has 1 rings (SSSR count). The molecule has 0 aromatic rings. The maximum Gasteiger partial charge on any atom is 0.215 e. The summed E-state index contributed by atoms with van der Waals surface area (Å²) in [7, 11) is -3.04. The molecule has 66 valence electrons. The number of nitrogens with two attached hydrogens (primary N) is 1. The van der Waals surface area contributed by atoms with Gasteiger partial charge in [-0.15, -0.1) is 0 Å². The fourth-order valence-corrected chi connectivity index (χ4v) is 2.53. The first-order chi connectivity index (χ1) is 5.08. The molecule has 0 aromatic carbocycles. The lowest BCUT2D eigenvalue weighted by molar-refractivity contribution is 0.397. The molecule has 0 amide bonds. The van der Waals surface area contributed by atoms with Crippen LogP contribution in [-0.2, 0) is 10.0 Å². The molecule has 1 unspecified atom stereocenters. The molecule has 4 nitrogen and oxygen atoms in total. The van der Waals surface area contributed by atoms with Gasteiger partial charge in [0.25, 0.3) is 0 Å². The van der Waals surface area contributed by atoms with E-state index in [-0.39, 0.29) is 11.9 Å². The number of sulfonamides is 1. The van der Waals surface area contributed by atoms with E-state index in [1.54, 1.807) is 6.92 Å². The van der Waals surface area contributed by atoms with Crippen LogP contribution in [0.1, 0.15) is 19.8 Å². The molecule has 1 heterocycles. The van der Waals surface area contributed by atoms with Gasteiger partial charge in [0.05, 0.1) is 11.9 Å². The zero-order chi connectivity index (χ0) is 8.48. The average molecular weight is 178 g/mol. The highest BCUT2D eigenvalue weighted by Crippen LogP contribution is 2.16. The van der Waals surface area contributed by atoms with E-state index < -0.39 is 10.0 Å². The predicted octanol–water partition coefficient (Wildman–Crippen LogP) is -0.283. The Hall–Kier alpha value is -0.130. The summed E-state index contributed by atoms with van der Waals surface area (Å²) in [6.45, 7) is 2.23. The predicted molar refractivity (Wildman–Crippen MR) is 43.4 cm³/mol. The Labute approximate surface area is 67.4 Å². The molecule has 0 aromatic heterocycles. The van der Waals surface area contributed by atoms with E-state index in [0.717, 1.165) is 12.8 Å². The van der Waals surface area contributed by atoms with Crippen LogP contribution in [-0.4, -0.2) is 31.2 Å². The highest BCUT2D eigenvalue weighted by atomic mass is 32.2. The van der Waals surface area contributed by atoms with Crippen molar-refractivity contribution in [3.8, 4) is 0 Å². The van der Waals surface area contributed by atoms with Crippen LogP contribution in [0.3, 0.4) is 0 Å². The highest BCUT2D eigenvalue weighted by Gasteiger charge is 2.29. The van der Waals surface area contributed by atoms with Crippen LogP contribution in [0.4, 0.5) is 0 Å². The molecule has 0 aliphatic carbocycles. The fraction of sp³-hybridized carbons (Fsp3) is 1.00. The van der Waals surface area contributed by atoms with Crippen LogP contribution in [0.5, 0.6) is 0 Å². The van der Waals surface area contributed by atoms with Gasteiger partial charge in [0.1, 0.15) is 0 Å². The molecule has 5 heteroatoms. The topological polar surface area (TPSA) is 63.4 Å². The molecule has 11 heavy (non-hydrogen) atoms. The van der Waals surface area contributed by atoms with Crippen LogP contribution in [0.25, 0.3) is 0 Å². The van der Waals surface area contributed by atoms with Crippen LogP contribution >= 0.6 is 0 Å². The van der Waals surface area contributed by atoms with E-state index in [1.807, 2.05) is 0 Å². The smallest absolute Gasteiger partial charge is 0.215 e. The second-order valence-electron chi connectivity index (χ2n) is 2.72. The average Bonchev–Trinajstić information content (AvgIpc) is 2.36. The molecule has 2 N–H and O–H groups in total. The van der Waals surface area contributed by atoms with Crippen LogP contribution in [0.15, 0.2) is 0 Å². The van der Waals surface area contributed by atoms with Crippen molar-refractivity contribution in [2.75, 3.05) is 12.3 Å². The first-order valence-corrected chi connectivity index (χ1v) is 5.44. The molecular formula is C6H14N2O2S. The van der Waals surface area contributed by atoms with Gasteiger partial charge in [-0.1, -0.05) is 0 Å². The summed E-state index contributed by atoms with van der Waals surface area (Å²) in [6, 6.07) is 0. The molecule has 0 spiro atoms. The Morgan fingerprint density at radius 2 is 2.27 bits per heavy atom. The molecule has 1 aliphatic heterocycles. The molecule has 0 saturated carbocycles. The molecule has 1 fully saturated rings. The molecular weight excluding hydrogens is 164 g/mol. The third-order valence-corrected chi connectivity index (χ3v) is 3.87. The Bertz CT molecular complexity index is 225. The minimum Gasteiger partial charge on any atom is -0.315 e. The van der Waals surface area contributed by atoms with Crippen LogP contribution < -0.4 is 5.73 Å². The summed E-state index contributed by atoms with van der Waals surface area (Å²) in [5.74, 6) is 0.153. The van der Waals surface area contributed by atoms with E-state index in [2.05, 4.69) is 0 Å². The van der Waals surface area contributed by atoms with Gasteiger partial charge in [-0.3, -0.25) is 0 Å². The molecule has 0 bridgehead atoms. The van der Waals surface area contributed by atoms with Crippen LogP contribution in [0.2, 0.25) is 0 Å². The second kappa shape index (κ2) is 3.08. The summed E-state index contributed by atoms with van der Waals surface area (Å²) in [4.78, 5) is 0. The molecule has 1 aliphatic rings. The lowest BCUT2D eigenvalue weighted by atomic mass is 10.3. The Morgan fingerprint density at radius 1 is 1.64 bits per heavy atom. The fourth-order valence-electron chi connectivity index (χ4n) is 1.28. The normalized spacial score (nSPS) is 27.6. The maximum absolute atomic E-state index is 11.3. The van der Waals surface area contributed by atoms with Crippen molar-refractivity contribution in [3.63, 3.8) is 0 Å². The number of nitrogens with zero attached hydrogens (tertiary/aromatic N) is 1. The lowest BCUT2D eigenvalue weighted by Gasteiger charge is -2.19. The maximum atomic E-state index is 11.3. The van der Waals surface area contributed by atoms with Crippen molar-refractivity contribution in [1.82, 2.24) is 4.31 Å². The van der Waals surface area contributed by atoms with Crippen LogP contribution in [0, 0.1) is 0 Å². The van der Waals surface area contributed by atoms with Crippen molar-refractivity contribution in [2.24, 2.45) is 5.73 Å². The quantitative estimate of drug-likeness (QED) is 0.632. The van der Waals surface area contributed by atoms with Gasteiger partial charge in [0, 0.05) is 6.54 Å². The summed E-state index contributed by atoms with van der Waals surface area (Å²) in [5, 5.41) is 0. The summed E-state index contributed by atoms with van der Waals surface area (Å²) < 4.78 is 23.9. The minimum absolute atomic E-state index is 0.153. The number of hydrogen-bond donors (Lipinski definition) is 1. The standard InChI is InChI=1S/C6H14N2O2S/c1-2-11(9,10)8-5-3-4-6(8)7/h6H,2-5,7H2,1H3. The van der Waals surface area contributed by atoms with Gasteiger partial charge in [-0.2, -0.15) is 4.31 Å². The van der Waals surface area contributed by atoms with Gasteiger partial charge in [-0.25, -0.2) is 8.42 Å². The number of hydrogen-bond acceptors (Lipinski definition) is 3. The first-order valence-electron chi connectivity index (χ1n) is 3.83. The Morgan fingerprint density at radius 3 is 2.64 bits per heavy atom. The summed E-state index contributed by atoms with van der Waals surface area (Å²) in [5.41, 5.74) is 5.59. The van der Waals surface area contributed by atoms with E-state index in [9.17, 15) is 8.42 Å². The van der Waals surface area contributed by atoms with Crippen molar-refractivity contribution in [1.29, 1.82) is 0 Å². The molecule has 1 atom stereocenters. The lowest BCUT2D eigenvalue weighted by Crippen LogP contribution is -2.41. The molecule has 0 radical (unpaired) electrons. The monoisotopic (exact) mass is 178 g/mol. The summed E-state index contributed by atoms with van der Waals surface area (Å²) in [6.07, 6.45) is 1.40. The van der Waals surface area contributed by atoms with E-state index >= 15 is 0 Å². The Kier molecular flexibility index (Phi) is 2.51. The van der Waals surface area contributed by atoms with Crippen molar-refractivity contribution in [2.45, 2.75) is 25.9 Å². The largest absolute Gasteiger partial charge is 0.315 e. The third kappa shape index (κ3) is 1.72. The summed E-state index contributed by atoms with van der Waals surface area (Å²) >= 11 is 0. The zero-order valence-corrected chi connectivity index (χ0v) is 7.47. The Balaban J connectivity index is 2.75. The third-order valence-electron chi connectivity index (χ3n) is 1.97. The molecule has 1 saturated heterocycles. The SMILES string of the molecule is CCS(=O)(=O)N1CCCC1N. The second-order valence-corrected chi connectivity index (χ2v) is 4.93. The van der Waals surface area contributed by atoms with E-state index in [0.29, 0.717) is 6.54 Å². The van der Waals surface area contributed by atoms with Crippen molar-refractivity contribution in [3.05, 3.63) is 0 Å². The van der Waals surface area contributed by atoms with Gasteiger partial charge < -0.3 is 5.73 Å². The van der Waals surface area contributed by atoms with E-state index in [4.69, 9.17) is 5.73 Å². The van der Waals surface area contributed by atoms with Crippen molar-refractivity contribution >= 4 is 10.0 Å². The van der Waals surface area contributed by atoms with Gasteiger partial charge in [0.2, 0.25) is 10.0 Å². The van der Waals surface area contributed by atoms with Gasteiger partial charge in [-0.05, 0) is 19.8 Å². The van der Waals surface area contributed by atoms with Crippen molar-refractivity contribution < 1.29 is 8.42 Å². The number of rotatable bonds is 2.